The molecule has 2 aliphatic rings. The molecule has 1 heterocycles. The Bertz CT molecular complexity index is 522. The van der Waals surface area contributed by atoms with Crippen molar-refractivity contribution in [3.05, 3.63) is 34.9 Å². The van der Waals surface area contributed by atoms with Crippen LogP contribution in [0.4, 0.5) is 0 Å². The standard InChI is InChI=1S/C17H24N2O/c1-17(2)7-5-15(10-17)19-16(20)13-4-3-12-6-8-18-11-14(12)9-13/h3-4,9,15,18H,5-8,10-11H2,1-2H3,(H,19,20). The van der Waals surface area contributed by atoms with E-state index in [-0.39, 0.29) is 5.91 Å². The first-order valence-electron chi connectivity index (χ1n) is 7.67. The third-order valence-electron chi connectivity index (χ3n) is 4.66. The van der Waals surface area contributed by atoms with Crippen molar-refractivity contribution in [2.45, 2.75) is 52.1 Å². The first-order chi connectivity index (χ1) is 9.53. The second-order valence-corrected chi connectivity index (χ2v) is 6.99. The summed E-state index contributed by atoms with van der Waals surface area (Å²) in [5, 5.41) is 6.56. The summed E-state index contributed by atoms with van der Waals surface area (Å²) >= 11 is 0. The van der Waals surface area contributed by atoms with Gasteiger partial charge in [-0.15, -0.1) is 0 Å². The molecule has 0 saturated heterocycles. The Morgan fingerprint density at radius 1 is 1.35 bits per heavy atom. The SMILES string of the molecule is CC1(C)CCC(NC(=O)c2ccc3c(c2)CNCC3)C1. The van der Waals surface area contributed by atoms with Gasteiger partial charge in [-0.05, 0) is 60.9 Å². The maximum Gasteiger partial charge on any atom is 0.251 e. The average molecular weight is 272 g/mol. The number of carbonyl (C=O) groups is 1. The fourth-order valence-electron chi connectivity index (χ4n) is 3.45. The van der Waals surface area contributed by atoms with E-state index >= 15 is 0 Å². The molecule has 0 aromatic heterocycles. The van der Waals surface area contributed by atoms with Crippen molar-refractivity contribution in [1.29, 1.82) is 0 Å². The van der Waals surface area contributed by atoms with Gasteiger partial charge in [0, 0.05) is 18.2 Å². The molecule has 1 aliphatic carbocycles. The number of hydrogen-bond donors (Lipinski definition) is 2. The van der Waals surface area contributed by atoms with Crippen LogP contribution in [0.1, 0.15) is 54.6 Å². The monoisotopic (exact) mass is 272 g/mol. The van der Waals surface area contributed by atoms with E-state index in [2.05, 4.69) is 36.6 Å². The van der Waals surface area contributed by atoms with E-state index in [9.17, 15) is 4.79 Å². The molecular weight excluding hydrogens is 248 g/mol. The summed E-state index contributed by atoms with van der Waals surface area (Å²) in [7, 11) is 0. The van der Waals surface area contributed by atoms with Gasteiger partial charge in [0.15, 0.2) is 0 Å². The van der Waals surface area contributed by atoms with Crippen LogP contribution in [-0.2, 0) is 13.0 Å². The molecule has 1 aromatic carbocycles. The molecule has 20 heavy (non-hydrogen) atoms. The molecule has 1 aliphatic heterocycles. The van der Waals surface area contributed by atoms with Gasteiger partial charge in [0.25, 0.3) is 5.91 Å². The summed E-state index contributed by atoms with van der Waals surface area (Å²) in [6, 6.07) is 6.48. The number of rotatable bonds is 2. The third-order valence-corrected chi connectivity index (χ3v) is 4.66. The number of amides is 1. The highest BCUT2D eigenvalue weighted by Gasteiger charge is 2.31. The Labute approximate surface area is 121 Å². The van der Waals surface area contributed by atoms with Crippen molar-refractivity contribution in [3.8, 4) is 0 Å². The lowest BCUT2D eigenvalue weighted by atomic mass is 9.92. The Hall–Kier alpha value is -1.35. The molecule has 1 atom stereocenters. The molecule has 2 N–H and O–H groups in total. The summed E-state index contributed by atoms with van der Waals surface area (Å²) in [6.07, 6.45) is 4.45. The molecule has 0 radical (unpaired) electrons. The van der Waals surface area contributed by atoms with Crippen LogP contribution in [-0.4, -0.2) is 18.5 Å². The predicted molar refractivity (Wildman–Crippen MR) is 80.7 cm³/mol. The predicted octanol–water partition coefficient (Wildman–Crippen LogP) is 2.64. The van der Waals surface area contributed by atoms with Crippen LogP contribution in [0.15, 0.2) is 18.2 Å². The first-order valence-corrected chi connectivity index (χ1v) is 7.67. The van der Waals surface area contributed by atoms with Crippen molar-refractivity contribution in [2.24, 2.45) is 5.41 Å². The average Bonchev–Trinajstić information content (AvgIpc) is 2.77. The maximum atomic E-state index is 12.4. The van der Waals surface area contributed by atoms with Gasteiger partial charge >= 0.3 is 0 Å². The second-order valence-electron chi connectivity index (χ2n) is 6.99. The number of hydrogen-bond acceptors (Lipinski definition) is 2. The highest BCUT2D eigenvalue weighted by molar-refractivity contribution is 5.94. The van der Waals surface area contributed by atoms with Crippen LogP contribution in [0.25, 0.3) is 0 Å². The van der Waals surface area contributed by atoms with Crippen LogP contribution < -0.4 is 10.6 Å². The zero-order chi connectivity index (χ0) is 14.2. The van der Waals surface area contributed by atoms with Crippen LogP contribution in [0.5, 0.6) is 0 Å². The van der Waals surface area contributed by atoms with Gasteiger partial charge in [0.05, 0.1) is 0 Å². The van der Waals surface area contributed by atoms with E-state index in [1.54, 1.807) is 0 Å². The summed E-state index contributed by atoms with van der Waals surface area (Å²) in [6.45, 7) is 6.48. The molecule has 0 spiro atoms. The normalized spacial score (nSPS) is 24.2. The van der Waals surface area contributed by atoms with Gasteiger partial charge < -0.3 is 10.6 Å². The second kappa shape index (κ2) is 5.21. The molecule has 1 aromatic rings. The third kappa shape index (κ3) is 2.88. The minimum absolute atomic E-state index is 0.0843. The Kier molecular flexibility index (Phi) is 3.55. The molecule has 108 valence electrons. The van der Waals surface area contributed by atoms with Crippen LogP contribution in [0.2, 0.25) is 0 Å². The smallest absolute Gasteiger partial charge is 0.251 e. The fraction of sp³-hybridized carbons (Fsp3) is 0.588. The van der Waals surface area contributed by atoms with Crippen LogP contribution in [0, 0.1) is 5.41 Å². The number of benzene rings is 1. The van der Waals surface area contributed by atoms with E-state index in [1.807, 2.05) is 6.07 Å². The Morgan fingerprint density at radius 3 is 2.95 bits per heavy atom. The van der Waals surface area contributed by atoms with E-state index < -0.39 is 0 Å². The van der Waals surface area contributed by atoms with Gasteiger partial charge in [-0.3, -0.25) is 4.79 Å². The minimum atomic E-state index is 0.0843. The molecule has 1 saturated carbocycles. The van der Waals surface area contributed by atoms with E-state index in [4.69, 9.17) is 0 Å². The zero-order valence-corrected chi connectivity index (χ0v) is 12.5. The number of carbonyl (C=O) groups excluding carboxylic acids is 1. The summed E-state index contributed by atoms with van der Waals surface area (Å²) in [5.41, 5.74) is 3.83. The molecule has 3 rings (SSSR count). The van der Waals surface area contributed by atoms with Gasteiger partial charge in [-0.2, -0.15) is 0 Å². The Balaban J connectivity index is 1.68. The lowest BCUT2D eigenvalue weighted by molar-refractivity contribution is 0.0936. The lowest BCUT2D eigenvalue weighted by Crippen LogP contribution is -2.34. The van der Waals surface area contributed by atoms with Gasteiger partial charge in [0.2, 0.25) is 0 Å². The van der Waals surface area contributed by atoms with Crippen LogP contribution in [0.3, 0.4) is 0 Å². The zero-order valence-electron chi connectivity index (χ0n) is 12.5. The summed E-state index contributed by atoms with van der Waals surface area (Å²) < 4.78 is 0. The maximum absolute atomic E-state index is 12.4. The molecule has 1 unspecified atom stereocenters. The molecular formula is C17H24N2O. The van der Waals surface area contributed by atoms with Gasteiger partial charge in [-0.1, -0.05) is 19.9 Å². The molecule has 3 nitrogen and oxygen atoms in total. The summed E-state index contributed by atoms with van der Waals surface area (Å²) in [5.74, 6) is 0.0843. The van der Waals surface area contributed by atoms with Crippen LogP contribution >= 0.6 is 0 Å². The largest absolute Gasteiger partial charge is 0.349 e. The lowest BCUT2D eigenvalue weighted by Gasteiger charge is -2.19. The highest BCUT2D eigenvalue weighted by Crippen LogP contribution is 2.37. The van der Waals surface area contributed by atoms with E-state index in [1.165, 1.54) is 17.5 Å². The minimum Gasteiger partial charge on any atom is -0.349 e. The Morgan fingerprint density at radius 2 is 2.20 bits per heavy atom. The van der Waals surface area contributed by atoms with Crippen molar-refractivity contribution in [1.82, 2.24) is 10.6 Å². The molecule has 1 fully saturated rings. The van der Waals surface area contributed by atoms with Crippen molar-refractivity contribution >= 4 is 5.91 Å². The number of nitrogens with one attached hydrogen (secondary N) is 2. The number of fused-ring (bicyclic) bond motifs is 1. The van der Waals surface area contributed by atoms with Crippen molar-refractivity contribution < 1.29 is 4.79 Å². The molecule has 1 amide bonds. The highest BCUT2D eigenvalue weighted by atomic mass is 16.1. The quantitative estimate of drug-likeness (QED) is 0.869. The molecule has 3 heteroatoms. The fourth-order valence-corrected chi connectivity index (χ4v) is 3.45. The van der Waals surface area contributed by atoms with E-state index in [0.29, 0.717) is 11.5 Å². The topological polar surface area (TPSA) is 41.1 Å². The first kappa shape index (κ1) is 13.6. The summed E-state index contributed by atoms with van der Waals surface area (Å²) in [4.78, 5) is 12.4. The van der Waals surface area contributed by atoms with Crippen molar-refractivity contribution in [2.75, 3.05) is 6.54 Å². The van der Waals surface area contributed by atoms with E-state index in [0.717, 1.165) is 37.9 Å². The van der Waals surface area contributed by atoms with Gasteiger partial charge in [-0.25, -0.2) is 0 Å². The van der Waals surface area contributed by atoms with Crippen molar-refractivity contribution in [3.63, 3.8) is 0 Å². The van der Waals surface area contributed by atoms with Gasteiger partial charge in [0.1, 0.15) is 0 Å². The molecule has 0 bridgehead atoms.